The van der Waals surface area contributed by atoms with Gasteiger partial charge in [0.2, 0.25) is 11.8 Å². The van der Waals surface area contributed by atoms with Crippen molar-refractivity contribution in [1.82, 2.24) is 25.2 Å². The fourth-order valence-corrected chi connectivity index (χ4v) is 6.14. The van der Waals surface area contributed by atoms with Crippen LogP contribution in [0.2, 0.25) is 0 Å². The van der Waals surface area contributed by atoms with E-state index >= 15 is 0 Å². The standard InChI is InChI=1S/C33H37F3N8O4/c1-5-24-16-26(30-27(7-8-28(41-30)47-4)44(24)32(46)48-6-2)40-29(22-13-21(17-37)14-23(15-22)33(34,35)36)31-38-18-25(19-39-31)43-11-9-42(10-12-43)20(3)45/h7-8,13-15,18-19,24,26,29,40H,5-6,9-12,16H2,1-4H3. The number of anilines is 2. The zero-order chi connectivity index (χ0) is 34.6. The first-order valence-electron chi connectivity index (χ1n) is 15.7. The number of amides is 2. The van der Waals surface area contributed by atoms with Crippen LogP contribution in [0, 0.1) is 11.3 Å². The van der Waals surface area contributed by atoms with E-state index in [4.69, 9.17) is 9.47 Å². The summed E-state index contributed by atoms with van der Waals surface area (Å²) in [6, 6.07) is 6.40. The van der Waals surface area contributed by atoms with Gasteiger partial charge in [-0.15, -0.1) is 0 Å². The van der Waals surface area contributed by atoms with Crippen molar-refractivity contribution < 1.29 is 32.2 Å². The number of hydrogen-bond acceptors (Lipinski definition) is 10. The van der Waals surface area contributed by atoms with Crippen LogP contribution < -0.4 is 19.9 Å². The summed E-state index contributed by atoms with van der Waals surface area (Å²) in [6.07, 6.45) is -1.15. The fourth-order valence-electron chi connectivity index (χ4n) is 6.14. The molecular weight excluding hydrogens is 629 g/mol. The van der Waals surface area contributed by atoms with Gasteiger partial charge in [0.1, 0.15) is 5.82 Å². The second-order valence-corrected chi connectivity index (χ2v) is 11.5. The normalized spacial score (nSPS) is 18.5. The first kappa shape index (κ1) is 34.4. The van der Waals surface area contributed by atoms with Gasteiger partial charge in [-0.05, 0) is 49.6 Å². The Hall–Kier alpha value is -4.97. The van der Waals surface area contributed by atoms with E-state index < -0.39 is 29.9 Å². The first-order valence-corrected chi connectivity index (χ1v) is 15.7. The molecule has 2 aromatic heterocycles. The Kier molecular flexibility index (Phi) is 10.3. The van der Waals surface area contributed by atoms with Crippen molar-refractivity contribution in [3.63, 3.8) is 0 Å². The molecule has 4 heterocycles. The Balaban J connectivity index is 1.57. The molecule has 254 valence electrons. The van der Waals surface area contributed by atoms with Crippen molar-refractivity contribution >= 4 is 23.4 Å². The van der Waals surface area contributed by atoms with E-state index in [1.807, 2.05) is 17.9 Å². The summed E-state index contributed by atoms with van der Waals surface area (Å²) >= 11 is 0. The van der Waals surface area contributed by atoms with E-state index in [0.29, 0.717) is 56.1 Å². The molecule has 12 nitrogen and oxygen atoms in total. The van der Waals surface area contributed by atoms with Crippen molar-refractivity contribution in [3.8, 4) is 11.9 Å². The second kappa shape index (κ2) is 14.4. The summed E-state index contributed by atoms with van der Waals surface area (Å²) in [5.74, 6) is 0.460. The van der Waals surface area contributed by atoms with Gasteiger partial charge in [0.15, 0.2) is 0 Å². The number of nitrogens with one attached hydrogen (secondary N) is 1. The third-order valence-electron chi connectivity index (χ3n) is 8.60. The zero-order valence-corrected chi connectivity index (χ0v) is 27.1. The molecule has 0 spiro atoms. The summed E-state index contributed by atoms with van der Waals surface area (Å²) in [6.45, 7) is 7.58. The topological polar surface area (TPSA) is 137 Å². The minimum Gasteiger partial charge on any atom is -0.481 e. The quantitative estimate of drug-likeness (QED) is 0.350. The van der Waals surface area contributed by atoms with Crippen LogP contribution in [0.3, 0.4) is 0 Å². The number of rotatable bonds is 8. The van der Waals surface area contributed by atoms with Crippen molar-refractivity contribution in [2.45, 2.75) is 57.9 Å². The highest BCUT2D eigenvalue weighted by Crippen LogP contribution is 2.41. The van der Waals surface area contributed by atoms with Gasteiger partial charge in [0, 0.05) is 45.2 Å². The molecule has 0 aliphatic carbocycles. The highest BCUT2D eigenvalue weighted by Gasteiger charge is 2.40. The van der Waals surface area contributed by atoms with E-state index in [-0.39, 0.29) is 41.4 Å². The third kappa shape index (κ3) is 7.28. The van der Waals surface area contributed by atoms with Gasteiger partial charge in [-0.25, -0.2) is 19.7 Å². The maximum absolute atomic E-state index is 14.0. The molecule has 3 unspecified atom stereocenters. The Labute approximate surface area is 276 Å². The van der Waals surface area contributed by atoms with Crippen molar-refractivity contribution in [2.75, 3.05) is 49.7 Å². The molecule has 3 atom stereocenters. The smallest absolute Gasteiger partial charge is 0.416 e. The number of methoxy groups -OCH3 is 1. The molecule has 15 heteroatoms. The van der Waals surface area contributed by atoms with Crippen molar-refractivity contribution in [2.24, 2.45) is 0 Å². The molecule has 5 rings (SSSR count). The maximum atomic E-state index is 14.0. The lowest BCUT2D eigenvalue weighted by Gasteiger charge is -2.40. The minimum atomic E-state index is -4.71. The lowest BCUT2D eigenvalue weighted by atomic mass is 9.91. The lowest BCUT2D eigenvalue weighted by molar-refractivity contribution is -0.137. The molecule has 1 N–H and O–H groups in total. The Morgan fingerprint density at radius 2 is 1.81 bits per heavy atom. The number of nitrogens with zero attached hydrogens (tertiary/aromatic N) is 7. The van der Waals surface area contributed by atoms with Gasteiger partial charge in [-0.1, -0.05) is 6.92 Å². The van der Waals surface area contributed by atoms with Gasteiger partial charge >= 0.3 is 12.3 Å². The number of nitriles is 1. The summed E-state index contributed by atoms with van der Waals surface area (Å²) in [5.41, 5.74) is 0.598. The van der Waals surface area contributed by atoms with E-state index in [9.17, 15) is 28.0 Å². The van der Waals surface area contributed by atoms with Gasteiger partial charge in [0.25, 0.3) is 0 Å². The Morgan fingerprint density at radius 3 is 2.40 bits per heavy atom. The molecule has 0 saturated carbocycles. The zero-order valence-electron chi connectivity index (χ0n) is 27.1. The fraction of sp³-hybridized carbons (Fsp3) is 0.455. The van der Waals surface area contributed by atoms with Crippen LogP contribution >= 0.6 is 0 Å². The third-order valence-corrected chi connectivity index (χ3v) is 8.60. The van der Waals surface area contributed by atoms with Gasteiger partial charge < -0.3 is 19.3 Å². The molecule has 0 radical (unpaired) electrons. The number of piperazine rings is 1. The number of hydrogen-bond donors (Lipinski definition) is 1. The van der Waals surface area contributed by atoms with Crippen molar-refractivity contribution in [1.29, 1.82) is 5.26 Å². The average molecular weight is 667 g/mol. The molecule has 2 aliphatic rings. The monoisotopic (exact) mass is 666 g/mol. The van der Waals surface area contributed by atoms with E-state index in [0.717, 1.165) is 12.1 Å². The molecule has 3 aromatic rings. The Bertz CT molecular complexity index is 1670. The number of halogens is 3. The van der Waals surface area contributed by atoms with Crippen molar-refractivity contribution in [3.05, 3.63) is 70.9 Å². The predicted octanol–water partition coefficient (Wildman–Crippen LogP) is 5.00. The number of aromatic nitrogens is 3. The van der Waals surface area contributed by atoms with Gasteiger partial charge in [-0.3, -0.25) is 15.0 Å². The van der Waals surface area contributed by atoms with E-state index in [1.54, 1.807) is 41.2 Å². The molecule has 0 bridgehead atoms. The SMILES string of the molecule is CCOC(=O)N1c2ccc(OC)nc2C(NC(c2cc(C#N)cc(C(F)(F)F)c2)c2ncc(N3CCN(C(C)=O)CC3)cn2)CC1CC. The predicted molar refractivity (Wildman–Crippen MR) is 169 cm³/mol. The lowest BCUT2D eigenvalue weighted by Crippen LogP contribution is -2.48. The largest absolute Gasteiger partial charge is 0.481 e. The van der Waals surface area contributed by atoms with Crippen LogP contribution in [0.25, 0.3) is 0 Å². The molecule has 1 aromatic carbocycles. The summed E-state index contributed by atoms with van der Waals surface area (Å²) < 4.78 is 52.9. The number of carbonyl (C=O) groups is 2. The highest BCUT2D eigenvalue weighted by molar-refractivity contribution is 5.90. The molecule has 1 fully saturated rings. The van der Waals surface area contributed by atoms with Gasteiger partial charge in [0.05, 0.1) is 72.5 Å². The molecule has 2 aliphatic heterocycles. The maximum Gasteiger partial charge on any atom is 0.416 e. The molecular formula is C33H37F3N8O4. The summed E-state index contributed by atoms with van der Waals surface area (Å²) in [5, 5.41) is 13.1. The molecule has 1 saturated heterocycles. The van der Waals surface area contributed by atoms with Crippen LogP contribution in [0.15, 0.2) is 42.7 Å². The number of fused-ring (bicyclic) bond motifs is 1. The van der Waals surface area contributed by atoms with Crippen LogP contribution in [-0.2, 0) is 15.7 Å². The van der Waals surface area contributed by atoms with Crippen LogP contribution in [0.5, 0.6) is 5.88 Å². The summed E-state index contributed by atoms with van der Waals surface area (Å²) in [4.78, 5) is 44.1. The number of ether oxygens (including phenoxy) is 2. The highest BCUT2D eigenvalue weighted by atomic mass is 19.4. The number of benzene rings is 1. The Morgan fingerprint density at radius 1 is 1.10 bits per heavy atom. The van der Waals surface area contributed by atoms with Gasteiger partial charge in [-0.2, -0.15) is 18.4 Å². The van der Waals surface area contributed by atoms with Crippen LogP contribution in [-0.4, -0.2) is 77.8 Å². The number of alkyl halides is 3. The molecule has 2 amide bonds. The number of pyridine rings is 1. The van der Waals surface area contributed by atoms with Crippen LogP contribution in [0.4, 0.5) is 29.3 Å². The summed E-state index contributed by atoms with van der Waals surface area (Å²) in [7, 11) is 1.46. The number of carbonyl (C=O) groups excluding carboxylic acids is 2. The van der Waals surface area contributed by atoms with E-state index in [1.165, 1.54) is 20.1 Å². The van der Waals surface area contributed by atoms with Crippen LogP contribution in [0.1, 0.15) is 73.9 Å². The molecule has 48 heavy (non-hydrogen) atoms. The van der Waals surface area contributed by atoms with E-state index in [2.05, 4.69) is 20.3 Å². The first-order chi connectivity index (χ1) is 23.0. The average Bonchev–Trinajstić information content (AvgIpc) is 3.09. The second-order valence-electron chi connectivity index (χ2n) is 11.5. The minimum absolute atomic E-state index is 0.0000686.